The van der Waals surface area contributed by atoms with Crippen LogP contribution in [0, 0.1) is 6.92 Å². The van der Waals surface area contributed by atoms with Gasteiger partial charge in [-0.1, -0.05) is 86.6 Å². The van der Waals surface area contributed by atoms with E-state index in [1.165, 1.54) is 22.9 Å². The monoisotopic (exact) mass is 534 g/mol. The van der Waals surface area contributed by atoms with Crippen molar-refractivity contribution in [3.63, 3.8) is 0 Å². The highest BCUT2D eigenvalue weighted by Gasteiger charge is 2.19. The number of nitrogens with zero attached hydrogens (tertiary/aromatic N) is 3. The molecule has 0 saturated carbocycles. The van der Waals surface area contributed by atoms with E-state index in [4.69, 9.17) is 0 Å². The summed E-state index contributed by atoms with van der Waals surface area (Å²) in [6.45, 7) is 8.66. The van der Waals surface area contributed by atoms with Gasteiger partial charge in [0.25, 0.3) is 0 Å². The number of aryl methyl sites for hydroxylation is 1. The molecule has 3 aromatic carbocycles. The Morgan fingerprint density at radius 1 is 0.971 bits per heavy atom. The van der Waals surface area contributed by atoms with E-state index in [-0.39, 0.29) is 17.1 Å². The summed E-state index contributed by atoms with van der Waals surface area (Å²) >= 11 is 4.83. The Labute approximate surface area is 213 Å². The molecular formula is C27H27BrN4OS. The Bertz CT molecular complexity index is 1290. The Morgan fingerprint density at radius 2 is 1.65 bits per heavy atom. The average Bonchev–Trinajstić information content (AvgIpc) is 3.23. The van der Waals surface area contributed by atoms with Gasteiger partial charge >= 0.3 is 0 Å². The van der Waals surface area contributed by atoms with Crippen molar-refractivity contribution in [2.75, 3.05) is 11.1 Å². The molecule has 0 saturated heterocycles. The third-order valence-electron chi connectivity index (χ3n) is 5.41. The molecule has 0 aliphatic rings. The van der Waals surface area contributed by atoms with Crippen LogP contribution in [0.3, 0.4) is 0 Å². The molecule has 0 atom stereocenters. The van der Waals surface area contributed by atoms with E-state index in [1.807, 2.05) is 28.8 Å². The number of carbonyl (C=O) groups is 1. The van der Waals surface area contributed by atoms with Crippen molar-refractivity contribution >= 4 is 39.3 Å². The Kier molecular flexibility index (Phi) is 7.24. The number of rotatable bonds is 6. The maximum atomic E-state index is 12.6. The molecule has 1 amide bonds. The number of thioether (sulfide) groups is 1. The van der Waals surface area contributed by atoms with E-state index in [1.54, 1.807) is 0 Å². The summed E-state index contributed by atoms with van der Waals surface area (Å²) < 4.78 is 2.86. The fraction of sp³-hybridized carbons (Fsp3) is 0.222. The Balaban J connectivity index is 1.62. The molecule has 5 nitrogen and oxygen atoms in total. The van der Waals surface area contributed by atoms with Gasteiger partial charge in [0.05, 0.1) is 11.4 Å². The van der Waals surface area contributed by atoms with Gasteiger partial charge in [0.2, 0.25) is 5.91 Å². The van der Waals surface area contributed by atoms with Gasteiger partial charge in [-0.2, -0.15) is 0 Å². The van der Waals surface area contributed by atoms with Crippen LogP contribution in [0.4, 0.5) is 5.69 Å². The van der Waals surface area contributed by atoms with Gasteiger partial charge in [-0.05, 0) is 58.1 Å². The van der Waals surface area contributed by atoms with Crippen molar-refractivity contribution in [2.24, 2.45) is 0 Å². The molecule has 0 radical (unpaired) electrons. The lowest BCUT2D eigenvalue weighted by Crippen LogP contribution is -2.15. The summed E-state index contributed by atoms with van der Waals surface area (Å²) in [7, 11) is 0. The van der Waals surface area contributed by atoms with Gasteiger partial charge in [-0.25, -0.2) is 0 Å². The SMILES string of the molecule is Cc1ccc(-n2c(SCC(=O)Nc3ccccc3Br)nnc2-c2ccc(C(C)(C)C)cc2)cc1. The van der Waals surface area contributed by atoms with Crippen molar-refractivity contribution in [1.82, 2.24) is 14.8 Å². The number of para-hydroxylation sites is 1. The first-order valence-electron chi connectivity index (χ1n) is 11.0. The lowest BCUT2D eigenvalue weighted by Gasteiger charge is -2.19. The molecule has 0 spiro atoms. The second-order valence-corrected chi connectivity index (χ2v) is 10.9. The van der Waals surface area contributed by atoms with Gasteiger partial charge in [0.15, 0.2) is 11.0 Å². The van der Waals surface area contributed by atoms with E-state index in [9.17, 15) is 4.79 Å². The van der Waals surface area contributed by atoms with Crippen LogP contribution in [0.1, 0.15) is 31.9 Å². The van der Waals surface area contributed by atoms with Crippen LogP contribution in [0.5, 0.6) is 0 Å². The third kappa shape index (κ3) is 5.59. The number of hydrogen-bond acceptors (Lipinski definition) is 4. The molecule has 0 unspecified atom stereocenters. The predicted molar refractivity (Wildman–Crippen MR) is 144 cm³/mol. The lowest BCUT2D eigenvalue weighted by molar-refractivity contribution is -0.113. The van der Waals surface area contributed by atoms with E-state index in [2.05, 4.69) is 108 Å². The highest BCUT2D eigenvalue weighted by atomic mass is 79.9. The lowest BCUT2D eigenvalue weighted by atomic mass is 9.87. The van der Waals surface area contributed by atoms with Crippen LogP contribution in [0.25, 0.3) is 17.1 Å². The number of nitrogens with one attached hydrogen (secondary N) is 1. The van der Waals surface area contributed by atoms with E-state index >= 15 is 0 Å². The zero-order valence-electron chi connectivity index (χ0n) is 19.7. The zero-order chi connectivity index (χ0) is 24.3. The van der Waals surface area contributed by atoms with Crippen molar-refractivity contribution < 1.29 is 4.79 Å². The molecule has 4 rings (SSSR count). The number of halogens is 1. The summed E-state index contributed by atoms with van der Waals surface area (Å²) in [5.41, 5.74) is 5.19. The van der Waals surface area contributed by atoms with Crippen LogP contribution >= 0.6 is 27.7 Å². The first-order chi connectivity index (χ1) is 16.2. The fourth-order valence-corrected chi connectivity index (χ4v) is 4.61. The number of aromatic nitrogens is 3. The first kappa shape index (κ1) is 24.2. The number of anilines is 1. The zero-order valence-corrected chi connectivity index (χ0v) is 22.1. The molecule has 1 heterocycles. The van der Waals surface area contributed by atoms with E-state index < -0.39 is 0 Å². The van der Waals surface area contributed by atoms with Crippen LogP contribution in [0.15, 0.2) is 82.4 Å². The van der Waals surface area contributed by atoms with Crippen molar-refractivity contribution in [2.45, 2.75) is 38.3 Å². The largest absolute Gasteiger partial charge is 0.324 e. The van der Waals surface area contributed by atoms with Gasteiger partial charge in [0.1, 0.15) is 0 Å². The molecule has 174 valence electrons. The minimum atomic E-state index is -0.105. The molecule has 1 aromatic heterocycles. The van der Waals surface area contributed by atoms with Crippen molar-refractivity contribution in [3.05, 3.63) is 88.4 Å². The quantitative estimate of drug-likeness (QED) is 0.269. The van der Waals surface area contributed by atoms with Gasteiger partial charge in [-0.3, -0.25) is 9.36 Å². The summed E-state index contributed by atoms with van der Waals surface area (Å²) in [6, 6.07) is 24.2. The van der Waals surface area contributed by atoms with Crippen LogP contribution < -0.4 is 5.32 Å². The molecule has 7 heteroatoms. The number of amides is 1. The summed E-state index contributed by atoms with van der Waals surface area (Å²) in [4.78, 5) is 12.6. The molecule has 0 aliphatic heterocycles. The maximum absolute atomic E-state index is 12.6. The summed E-state index contributed by atoms with van der Waals surface area (Å²) in [5.74, 6) is 0.860. The maximum Gasteiger partial charge on any atom is 0.234 e. The summed E-state index contributed by atoms with van der Waals surface area (Å²) in [5, 5.41) is 12.6. The number of benzene rings is 3. The van der Waals surface area contributed by atoms with Crippen molar-refractivity contribution in [1.29, 1.82) is 0 Å². The van der Waals surface area contributed by atoms with Gasteiger partial charge in [-0.15, -0.1) is 10.2 Å². The normalized spacial score (nSPS) is 11.4. The predicted octanol–water partition coefficient (Wildman–Crippen LogP) is 7.03. The van der Waals surface area contributed by atoms with Crippen molar-refractivity contribution in [3.8, 4) is 17.1 Å². The Morgan fingerprint density at radius 3 is 2.29 bits per heavy atom. The molecule has 4 aromatic rings. The minimum absolute atomic E-state index is 0.0747. The topological polar surface area (TPSA) is 59.8 Å². The molecule has 0 fully saturated rings. The average molecular weight is 536 g/mol. The minimum Gasteiger partial charge on any atom is -0.324 e. The smallest absolute Gasteiger partial charge is 0.234 e. The van der Waals surface area contributed by atoms with Crippen LogP contribution in [0.2, 0.25) is 0 Å². The van der Waals surface area contributed by atoms with Gasteiger partial charge in [0, 0.05) is 15.7 Å². The molecule has 0 aliphatic carbocycles. The second-order valence-electron chi connectivity index (χ2n) is 9.12. The van der Waals surface area contributed by atoms with Crippen LogP contribution in [-0.4, -0.2) is 26.4 Å². The Hall–Kier alpha value is -2.90. The fourth-order valence-electron chi connectivity index (χ4n) is 3.48. The molecule has 1 N–H and O–H groups in total. The van der Waals surface area contributed by atoms with E-state index in [0.29, 0.717) is 5.16 Å². The molecule has 34 heavy (non-hydrogen) atoms. The summed E-state index contributed by atoms with van der Waals surface area (Å²) in [6.07, 6.45) is 0. The molecule has 0 bridgehead atoms. The first-order valence-corrected chi connectivity index (χ1v) is 12.8. The van der Waals surface area contributed by atoms with Crippen LogP contribution in [-0.2, 0) is 10.2 Å². The standard InChI is InChI=1S/C27H27BrN4OS/c1-18-9-15-21(16-10-18)32-25(19-11-13-20(14-12-19)27(2,3)4)30-31-26(32)34-17-24(33)29-23-8-6-5-7-22(23)28/h5-16H,17H2,1-4H3,(H,29,33). The highest BCUT2D eigenvalue weighted by Crippen LogP contribution is 2.30. The van der Waals surface area contributed by atoms with E-state index in [0.717, 1.165) is 27.2 Å². The third-order valence-corrected chi connectivity index (χ3v) is 7.04. The second kappa shape index (κ2) is 10.2. The molecular weight excluding hydrogens is 508 g/mol. The van der Waals surface area contributed by atoms with Gasteiger partial charge < -0.3 is 5.32 Å². The highest BCUT2D eigenvalue weighted by molar-refractivity contribution is 9.10. The number of hydrogen-bond donors (Lipinski definition) is 1. The number of carbonyl (C=O) groups excluding carboxylic acids is 1.